The standard InChI is InChI=1S/C13H16N4/c1-2-11-7-13(16-9-15-11)17-12-5-3-10(8-14)4-6-12/h3-7,9H,2,8,14H2,1H3,(H,15,16,17). The van der Waals surface area contributed by atoms with E-state index in [1.54, 1.807) is 6.33 Å². The third-order valence-electron chi connectivity index (χ3n) is 2.55. The van der Waals surface area contributed by atoms with Gasteiger partial charge in [0.05, 0.1) is 0 Å². The number of nitrogens with two attached hydrogens (primary N) is 1. The molecule has 0 aliphatic heterocycles. The van der Waals surface area contributed by atoms with Gasteiger partial charge in [0.15, 0.2) is 0 Å². The number of benzene rings is 1. The molecule has 17 heavy (non-hydrogen) atoms. The molecule has 4 heteroatoms. The number of aromatic nitrogens is 2. The molecule has 0 unspecified atom stereocenters. The van der Waals surface area contributed by atoms with E-state index in [-0.39, 0.29) is 0 Å². The van der Waals surface area contributed by atoms with Crippen molar-refractivity contribution in [3.05, 3.63) is 47.9 Å². The summed E-state index contributed by atoms with van der Waals surface area (Å²) in [4.78, 5) is 8.34. The average Bonchev–Trinajstić information content (AvgIpc) is 2.40. The van der Waals surface area contributed by atoms with Crippen molar-refractivity contribution in [2.75, 3.05) is 5.32 Å². The van der Waals surface area contributed by atoms with Crippen LogP contribution in [0.2, 0.25) is 0 Å². The minimum atomic E-state index is 0.563. The zero-order valence-electron chi connectivity index (χ0n) is 9.85. The van der Waals surface area contributed by atoms with Crippen molar-refractivity contribution in [2.45, 2.75) is 19.9 Å². The van der Waals surface area contributed by atoms with Crippen LogP contribution in [0.25, 0.3) is 0 Å². The van der Waals surface area contributed by atoms with Gasteiger partial charge in [-0.25, -0.2) is 9.97 Å². The first-order valence-electron chi connectivity index (χ1n) is 5.68. The number of hydrogen-bond acceptors (Lipinski definition) is 4. The van der Waals surface area contributed by atoms with Crippen LogP contribution >= 0.6 is 0 Å². The van der Waals surface area contributed by atoms with Gasteiger partial charge in [0.2, 0.25) is 0 Å². The second-order valence-corrected chi connectivity index (χ2v) is 3.77. The molecule has 0 saturated heterocycles. The molecule has 3 N–H and O–H groups in total. The summed E-state index contributed by atoms with van der Waals surface area (Å²) in [6.07, 6.45) is 2.48. The van der Waals surface area contributed by atoms with E-state index in [4.69, 9.17) is 5.73 Å². The van der Waals surface area contributed by atoms with E-state index < -0.39 is 0 Å². The van der Waals surface area contributed by atoms with Gasteiger partial charge in [-0.1, -0.05) is 19.1 Å². The van der Waals surface area contributed by atoms with Crippen molar-refractivity contribution in [1.82, 2.24) is 9.97 Å². The summed E-state index contributed by atoms with van der Waals surface area (Å²) in [5, 5.41) is 3.24. The van der Waals surface area contributed by atoms with Gasteiger partial charge >= 0.3 is 0 Å². The fraction of sp³-hybridized carbons (Fsp3) is 0.231. The Balaban J connectivity index is 2.13. The number of nitrogens with one attached hydrogen (secondary N) is 1. The quantitative estimate of drug-likeness (QED) is 0.842. The van der Waals surface area contributed by atoms with Crippen LogP contribution in [-0.4, -0.2) is 9.97 Å². The van der Waals surface area contributed by atoms with Crippen molar-refractivity contribution in [3.63, 3.8) is 0 Å². The number of anilines is 2. The Labute approximate surface area is 101 Å². The van der Waals surface area contributed by atoms with Gasteiger partial charge in [-0.15, -0.1) is 0 Å². The molecule has 0 aliphatic rings. The van der Waals surface area contributed by atoms with Crippen molar-refractivity contribution in [3.8, 4) is 0 Å². The lowest BCUT2D eigenvalue weighted by atomic mass is 10.2. The number of rotatable bonds is 4. The fourth-order valence-corrected chi connectivity index (χ4v) is 1.53. The van der Waals surface area contributed by atoms with Crippen LogP contribution in [0.15, 0.2) is 36.7 Å². The first-order chi connectivity index (χ1) is 8.31. The van der Waals surface area contributed by atoms with Crippen molar-refractivity contribution < 1.29 is 0 Å². The van der Waals surface area contributed by atoms with E-state index in [1.807, 2.05) is 30.3 Å². The average molecular weight is 228 g/mol. The maximum absolute atomic E-state index is 5.55. The molecule has 1 heterocycles. The summed E-state index contributed by atoms with van der Waals surface area (Å²) in [7, 11) is 0. The second-order valence-electron chi connectivity index (χ2n) is 3.77. The molecular formula is C13H16N4. The largest absolute Gasteiger partial charge is 0.340 e. The third kappa shape index (κ3) is 3.01. The molecule has 0 saturated carbocycles. The Kier molecular flexibility index (Phi) is 3.67. The van der Waals surface area contributed by atoms with Gasteiger partial charge in [-0.05, 0) is 24.1 Å². The Morgan fingerprint density at radius 3 is 2.59 bits per heavy atom. The van der Waals surface area contributed by atoms with Crippen LogP contribution in [0.5, 0.6) is 0 Å². The van der Waals surface area contributed by atoms with Crippen LogP contribution in [0.1, 0.15) is 18.2 Å². The molecule has 0 aliphatic carbocycles. The molecule has 88 valence electrons. The maximum Gasteiger partial charge on any atom is 0.133 e. The molecule has 2 aromatic rings. The van der Waals surface area contributed by atoms with Crippen LogP contribution < -0.4 is 11.1 Å². The van der Waals surface area contributed by atoms with E-state index in [0.717, 1.165) is 29.2 Å². The van der Waals surface area contributed by atoms with Crippen LogP contribution in [0, 0.1) is 0 Å². The molecule has 2 rings (SSSR count). The molecular weight excluding hydrogens is 212 g/mol. The lowest BCUT2D eigenvalue weighted by molar-refractivity contribution is 1.00. The number of nitrogens with zero attached hydrogens (tertiary/aromatic N) is 2. The first-order valence-corrected chi connectivity index (χ1v) is 5.68. The van der Waals surface area contributed by atoms with Crippen LogP contribution in [0.4, 0.5) is 11.5 Å². The summed E-state index contributed by atoms with van der Waals surface area (Å²) in [5.74, 6) is 0.817. The predicted molar refractivity (Wildman–Crippen MR) is 69.0 cm³/mol. The van der Waals surface area contributed by atoms with E-state index >= 15 is 0 Å². The topological polar surface area (TPSA) is 63.8 Å². The predicted octanol–water partition coefficient (Wildman–Crippen LogP) is 2.24. The number of aryl methyl sites for hydroxylation is 1. The molecule has 0 fully saturated rings. The van der Waals surface area contributed by atoms with Crippen LogP contribution in [-0.2, 0) is 13.0 Å². The van der Waals surface area contributed by atoms with Crippen molar-refractivity contribution >= 4 is 11.5 Å². The Morgan fingerprint density at radius 1 is 1.18 bits per heavy atom. The lowest BCUT2D eigenvalue weighted by Crippen LogP contribution is -1.98. The van der Waals surface area contributed by atoms with Crippen LogP contribution in [0.3, 0.4) is 0 Å². The molecule has 0 amide bonds. The van der Waals surface area contributed by atoms with E-state index in [9.17, 15) is 0 Å². The zero-order chi connectivity index (χ0) is 12.1. The Bertz CT molecular complexity index is 479. The molecule has 0 atom stereocenters. The van der Waals surface area contributed by atoms with Gasteiger partial charge in [0.25, 0.3) is 0 Å². The lowest BCUT2D eigenvalue weighted by Gasteiger charge is -2.06. The molecule has 1 aromatic heterocycles. The summed E-state index contributed by atoms with van der Waals surface area (Å²) in [6, 6.07) is 9.96. The highest BCUT2D eigenvalue weighted by Crippen LogP contribution is 2.15. The molecule has 0 radical (unpaired) electrons. The normalized spacial score (nSPS) is 10.2. The van der Waals surface area contributed by atoms with Gasteiger partial charge < -0.3 is 11.1 Å². The first kappa shape index (κ1) is 11.5. The highest BCUT2D eigenvalue weighted by atomic mass is 15.0. The summed E-state index contributed by atoms with van der Waals surface area (Å²) >= 11 is 0. The van der Waals surface area contributed by atoms with Gasteiger partial charge in [-0.2, -0.15) is 0 Å². The highest BCUT2D eigenvalue weighted by Gasteiger charge is 1.98. The number of hydrogen-bond donors (Lipinski definition) is 2. The van der Waals surface area contributed by atoms with E-state index in [0.29, 0.717) is 6.54 Å². The minimum Gasteiger partial charge on any atom is -0.340 e. The maximum atomic E-state index is 5.55. The summed E-state index contributed by atoms with van der Waals surface area (Å²) in [5.41, 5.74) is 8.70. The SMILES string of the molecule is CCc1cc(Nc2ccc(CN)cc2)ncn1. The summed E-state index contributed by atoms with van der Waals surface area (Å²) in [6.45, 7) is 2.63. The van der Waals surface area contributed by atoms with Gasteiger partial charge in [0, 0.05) is 24.0 Å². The monoisotopic (exact) mass is 228 g/mol. The molecule has 0 spiro atoms. The van der Waals surface area contributed by atoms with E-state index in [2.05, 4.69) is 22.2 Å². The van der Waals surface area contributed by atoms with E-state index in [1.165, 1.54) is 0 Å². The Morgan fingerprint density at radius 2 is 1.94 bits per heavy atom. The minimum absolute atomic E-state index is 0.563. The molecule has 1 aromatic carbocycles. The Hall–Kier alpha value is -1.94. The molecule has 0 bridgehead atoms. The van der Waals surface area contributed by atoms with Crippen molar-refractivity contribution in [1.29, 1.82) is 0 Å². The summed E-state index contributed by atoms with van der Waals surface area (Å²) < 4.78 is 0. The van der Waals surface area contributed by atoms with Gasteiger partial charge in [-0.3, -0.25) is 0 Å². The van der Waals surface area contributed by atoms with Gasteiger partial charge in [0.1, 0.15) is 12.1 Å². The second kappa shape index (κ2) is 5.41. The fourth-order valence-electron chi connectivity index (χ4n) is 1.53. The van der Waals surface area contributed by atoms with Crippen molar-refractivity contribution in [2.24, 2.45) is 5.73 Å². The third-order valence-corrected chi connectivity index (χ3v) is 2.55. The zero-order valence-corrected chi connectivity index (χ0v) is 9.85. The highest BCUT2D eigenvalue weighted by molar-refractivity contribution is 5.56. The smallest absolute Gasteiger partial charge is 0.133 e. The molecule has 4 nitrogen and oxygen atoms in total.